The zero-order valence-electron chi connectivity index (χ0n) is 9.89. The molecule has 0 atom stereocenters. The molecule has 1 heteroatoms. The number of rotatable bonds is 5. The molecule has 0 N–H and O–H groups in total. The van der Waals surface area contributed by atoms with Crippen molar-refractivity contribution >= 4 is 11.9 Å². The molecule has 84 valence electrons. The van der Waals surface area contributed by atoms with Gasteiger partial charge in [0.15, 0.2) is 5.78 Å². The minimum Gasteiger partial charge on any atom is -0.295 e. The molecule has 1 rings (SSSR count). The highest BCUT2D eigenvalue weighted by Crippen LogP contribution is 2.02. The average Bonchev–Trinajstić information content (AvgIpc) is 2.25. The van der Waals surface area contributed by atoms with Gasteiger partial charge < -0.3 is 0 Å². The van der Waals surface area contributed by atoms with Gasteiger partial charge in [-0.15, -0.1) is 0 Å². The highest BCUT2D eigenvalue weighted by Gasteiger charge is 1.98. The van der Waals surface area contributed by atoms with E-state index >= 15 is 0 Å². The minimum absolute atomic E-state index is 0.188. The molecule has 1 aromatic carbocycles. The molecule has 0 radical (unpaired) electrons. The van der Waals surface area contributed by atoms with Crippen LogP contribution in [0.3, 0.4) is 0 Å². The van der Waals surface area contributed by atoms with Crippen LogP contribution in [0.5, 0.6) is 0 Å². The van der Waals surface area contributed by atoms with Crippen LogP contribution in [0.1, 0.15) is 25.8 Å². The number of hydrogen-bond donors (Lipinski definition) is 0. The highest BCUT2D eigenvalue weighted by atomic mass is 16.1. The van der Waals surface area contributed by atoms with Crippen LogP contribution in [0.15, 0.2) is 48.6 Å². The Bertz CT molecular complexity index is 372. The van der Waals surface area contributed by atoms with Gasteiger partial charge in [0, 0.05) is 6.42 Å². The van der Waals surface area contributed by atoms with Gasteiger partial charge in [-0.2, -0.15) is 0 Å². The van der Waals surface area contributed by atoms with E-state index < -0.39 is 0 Å². The number of ketones is 1. The number of hydrogen-bond acceptors (Lipinski definition) is 1. The molecule has 0 unspecified atom stereocenters. The summed E-state index contributed by atoms with van der Waals surface area (Å²) < 4.78 is 0. The molecule has 0 saturated carbocycles. The average molecular weight is 214 g/mol. The van der Waals surface area contributed by atoms with E-state index in [1.807, 2.05) is 56.3 Å². The number of benzene rings is 1. The molecule has 0 aliphatic carbocycles. The predicted octanol–water partition coefficient (Wildman–Crippen LogP) is 3.87. The van der Waals surface area contributed by atoms with Gasteiger partial charge >= 0.3 is 0 Å². The topological polar surface area (TPSA) is 17.1 Å². The largest absolute Gasteiger partial charge is 0.295 e. The first-order valence-electron chi connectivity index (χ1n) is 5.61. The van der Waals surface area contributed by atoms with E-state index in [1.54, 1.807) is 12.2 Å². The second kappa shape index (κ2) is 6.78. The molecule has 0 saturated heterocycles. The highest BCUT2D eigenvalue weighted by molar-refractivity contribution is 5.90. The smallest absolute Gasteiger partial charge is 0.155 e. The first-order chi connectivity index (χ1) is 7.68. The zero-order chi connectivity index (χ0) is 11.8. The Morgan fingerprint density at radius 2 is 1.88 bits per heavy atom. The first kappa shape index (κ1) is 12.4. The maximum Gasteiger partial charge on any atom is 0.155 e. The van der Waals surface area contributed by atoms with Gasteiger partial charge in [-0.1, -0.05) is 62.4 Å². The molecule has 0 aliphatic heterocycles. The van der Waals surface area contributed by atoms with Crippen molar-refractivity contribution in [3.05, 3.63) is 54.1 Å². The fraction of sp³-hybridized carbons (Fsp3) is 0.267. The summed E-state index contributed by atoms with van der Waals surface area (Å²) in [5, 5.41) is 0. The van der Waals surface area contributed by atoms with Gasteiger partial charge in [-0.3, -0.25) is 4.79 Å². The summed E-state index contributed by atoms with van der Waals surface area (Å²) >= 11 is 0. The molecule has 1 nitrogen and oxygen atoms in total. The van der Waals surface area contributed by atoms with Crippen molar-refractivity contribution in [3.8, 4) is 0 Å². The van der Waals surface area contributed by atoms with E-state index in [4.69, 9.17) is 0 Å². The van der Waals surface area contributed by atoms with Gasteiger partial charge in [0.25, 0.3) is 0 Å². The monoisotopic (exact) mass is 214 g/mol. The van der Waals surface area contributed by atoms with Crippen molar-refractivity contribution in [2.45, 2.75) is 20.3 Å². The number of carbonyl (C=O) groups excluding carboxylic acids is 1. The van der Waals surface area contributed by atoms with Gasteiger partial charge in [0.05, 0.1) is 0 Å². The van der Waals surface area contributed by atoms with E-state index in [0.29, 0.717) is 12.3 Å². The van der Waals surface area contributed by atoms with Gasteiger partial charge in [0.1, 0.15) is 0 Å². The van der Waals surface area contributed by atoms with E-state index in [1.165, 1.54) is 0 Å². The van der Waals surface area contributed by atoms with E-state index in [9.17, 15) is 4.79 Å². The Morgan fingerprint density at radius 3 is 2.50 bits per heavy atom. The summed E-state index contributed by atoms with van der Waals surface area (Å²) in [5.41, 5.74) is 1.14. The molecule has 0 fully saturated rings. The predicted molar refractivity (Wildman–Crippen MR) is 69.1 cm³/mol. The second-order valence-corrected chi connectivity index (χ2v) is 4.19. The van der Waals surface area contributed by atoms with Crippen molar-refractivity contribution in [1.82, 2.24) is 0 Å². The van der Waals surface area contributed by atoms with E-state index in [2.05, 4.69) is 0 Å². The first-order valence-corrected chi connectivity index (χ1v) is 5.61. The molecular weight excluding hydrogens is 196 g/mol. The van der Waals surface area contributed by atoms with Crippen LogP contribution in [0.4, 0.5) is 0 Å². The third kappa shape index (κ3) is 5.30. The van der Waals surface area contributed by atoms with Crippen LogP contribution in [0.25, 0.3) is 6.08 Å². The molecular formula is C15H18O. The molecule has 16 heavy (non-hydrogen) atoms. The van der Waals surface area contributed by atoms with Crippen molar-refractivity contribution in [2.75, 3.05) is 0 Å². The summed E-state index contributed by atoms with van der Waals surface area (Å²) in [4.78, 5) is 11.3. The summed E-state index contributed by atoms with van der Waals surface area (Å²) in [7, 11) is 0. The Labute approximate surface area is 97.5 Å². The van der Waals surface area contributed by atoms with Crippen molar-refractivity contribution < 1.29 is 4.79 Å². The molecule has 0 bridgehead atoms. The Hall–Kier alpha value is -1.63. The molecule has 0 spiro atoms. The lowest BCUT2D eigenvalue weighted by Gasteiger charge is -1.97. The third-order valence-electron chi connectivity index (χ3n) is 2.09. The summed E-state index contributed by atoms with van der Waals surface area (Å²) in [6, 6.07) is 10.0. The standard InChI is InChI=1S/C15H18O/c1-13(2)12-15(16)11-7-6-10-14-8-4-3-5-9-14/h3-11,13H,12H2,1-2H3. The summed E-state index contributed by atoms with van der Waals surface area (Å²) in [6.07, 6.45) is 7.94. The van der Waals surface area contributed by atoms with Crippen LogP contribution >= 0.6 is 0 Å². The van der Waals surface area contributed by atoms with Gasteiger partial charge in [-0.25, -0.2) is 0 Å². The van der Waals surface area contributed by atoms with Crippen molar-refractivity contribution in [2.24, 2.45) is 5.92 Å². The lowest BCUT2D eigenvalue weighted by atomic mass is 10.1. The third-order valence-corrected chi connectivity index (χ3v) is 2.09. The van der Waals surface area contributed by atoms with Gasteiger partial charge in [-0.05, 0) is 17.6 Å². The lowest BCUT2D eigenvalue weighted by molar-refractivity contribution is -0.115. The summed E-state index contributed by atoms with van der Waals surface area (Å²) in [5.74, 6) is 0.614. The molecule has 0 heterocycles. The quantitative estimate of drug-likeness (QED) is 0.537. The van der Waals surface area contributed by atoms with Gasteiger partial charge in [0.2, 0.25) is 0 Å². The van der Waals surface area contributed by atoms with Crippen LogP contribution in [0, 0.1) is 5.92 Å². The Balaban J connectivity index is 2.42. The van der Waals surface area contributed by atoms with Crippen LogP contribution < -0.4 is 0 Å². The molecule has 0 aromatic heterocycles. The van der Waals surface area contributed by atoms with E-state index in [0.717, 1.165) is 5.56 Å². The fourth-order valence-electron chi connectivity index (χ4n) is 1.36. The molecule has 0 aliphatic rings. The van der Waals surface area contributed by atoms with Crippen molar-refractivity contribution in [3.63, 3.8) is 0 Å². The number of carbonyl (C=O) groups is 1. The molecule has 0 amide bonds. The minimum atomic E-state index is 0.188. The van der Waals surface area contributed by atoms with Crippen molar-refractivity contribution in [1.29, 1.82) is 0 Å². The second-order valence-electron chi connectivity index (χ2n) is 4.19. The van der Waals surface area contributed by atoms with E-state index in [-0.39, 0.29) is 5.78 Å². The van der Waals surface area contributed by atoms with Crippen LogP contribution in [0.2, 0.25) is 0 Å². The van der Waals surface area contributed by atoms with Crippen LogP contribution in [-0.4, -0.2) is 5.78 Å². The Kier molecular flexibility index (Phi) is 5.27. The number of allylic oxidation sites excluding steroid dienone is 3. The molecule has 1 aromatic rings. The fourth-order valence-corrected chi connectivity index (χ4v) is 1.36. The zero-order valence-corrected chi connectivity index (χ0v) is 9.89. The normalized spacial score (nSPS) is 11.7. The summed E-state index contributed by atoms with van der Waals surface area (Å²) in [6.45, 7) is 4.09. The maximum absolute atomic E-state index is 11.3. The lowest BCUT2D eigenvalue weighted by Crippen LogP contribution is -1.97. The maximum atomic E-state index is 11.3. The SMILES string of the molecule is CC(C)CC(=O)C=CC=Cc1ccccc1. The van der Waals surface area contributed by atoms with Crippen LogP contribution in [-0.2, 0) is 4.79 Å². The Morgan fingerprint density at radius 1 is 1.19 bits per heavy atom.